The van der Waals surface area contributed by atoms with Crippen LogP contribution in [0.5, 0.6) is 0 Å². The van der Waals surface area contributed by atoms with Gasteiger partial charge in [0.2, 0.25) is 0 Å². The van der Waals surface area contributed by atoms with E-state index in [4.69, 9.17) is 5.26 Å². The van der Waals surface area contributed by atoms with E-state index in [0.717, 1.165) is 19.3 Å². The number of nitrogens with zero attached hydrogens (tertiary/aromatic N) is 2. The molecule has 0 saturated carbocycles. The number of nitro benzene ring substituents is 1. The summed E-state index contributed by atoms with van der Waals surface area (Å²) in [5.74, 6) is 0. The first-order chi connectivity index (χ1) is 8.58. The van der Waals surface area contributed by atoms with Crippen molar-refractivity contribution in [1.82, 2.24) is 0 Å². The summed E-state index contributed by atoms with van der Waals surface area (Å²) in [6, 6.07) is 6.54. The van der Waals surface area contributed by atoms with Crippen LogP contribution in [0.25, 0.3) is 0 Å². The highest BCUT2D eigenvalue weighted by atomic mass is 16.6. The van der Waals surface area contributed by atoms with Crippen molar-refractivity contribution in [2.75, 3.05) is 5.32 Å². The van der Waals surface area contributed by atoms with Crippen LogP contribution in [0, 0.1) is 21.4 Å². The standard InChI is InChI=1S/C13H17N3O2/c1-3-4-5-10(2)15-13-7-6-12(16(17)18)8-11(13)9-14/h6-8,10,15H,3-5H2,1-2H3. The van der Waals surface area contributed by atoms with Crippen molar-refractivity contribution in [3.63, 3.8) is 0 Å². The molecule has 0 aliphatic carbocycles. The first-order valence-corrected chi connectivity index (χ1v) is 6.03. The van der Waals surface area contributed by atoms with E-state index in [9.17, 15) is 10.1 Å². The summed E-state index contributed by atoms with van der Waals surface area (Å²) in [4.78, 5) is 10.1. The molecule has 96 valence electrons. The summed E-state index contributed by atoms with van der Waals surface area (Å²) in [5.41, 5.74) is 0.914. The van der Waals surface area contributed by atoms with Crippen LogP contribution in [-0.2, 0) is 0 Å². The van der Waals surface area contributed by atoms with E-state index in [1.54, 1.807) is 6.07 Å². The fourth-order valence-corrected chi connectivity index (χ4v) is 1.71. The second-order valence-corrected chi connectivity index (χ2v) is 4.29. The van der Waals surface area contributed by atoms with Crippen LogP contribution in [0.2, 0.25) is 0 Å². The first-order valence-electron chi connectivity index (χ1n) is 6.03. The summed E-state index contributed by atoms with van der Waals surface area (Å²) in [6.07, 6.45) is 3.25. The number of anilines is 1. The Hall–Kier alpha value is -2.09. The molecular formula is C13H17N3O2. The van der Waals surface area contributed by atoms with Crippen LogP contribution in [-0.4, -0.2) is 11.0 Å². The summed E-state index contributed by atoms with van der Waals surface area (Å²) >= 11 is 0. The van der Waals surface area contributed by atoms with Gasteiger partial charge in [0.1, 0.15) is 6.07 Å². The number of hydrogen-bond acceptors (Lipinski definition) is 4. The Kier molecular flexibility index (Phi) is 5.12. The quantitative estimate of drug-likeness (QED) is 0.616. The molecule has 0 saturated heterocycles. The molecule has 0 amide bonds. The summed E-state index contributed by atoms with van der Waals surface area (Å²) < 4.78 is 0. The number of unbranched alkanes of at least 4 members (excludes halogenated alkanes) is 1. The summed E-state index contributed by atoms with van der Waals surface area (Å²) in [6.45, 7) is 4.16. The van der Waals surface area contributed by atoms with Crippen molar-refractivity contribution in [3.8, 4) is 6.07 Å². The maximum absolute atomic E-state index is 10.6. The van der Waals surface area contributed by atoms with Crippen molar-refractivity contribution in [1.29, 1.82) is 5.26 Å². The zero-order valence-corrected chi connectivity index (χ0v) is 10.6. The van der Waals surface area contributed by atoms with E-state index in [1.807, 2.05) is 13.0 Å². The third kappa shape index (κ3) is 3.74. The minimum atomic E-state index is -0.495. The molecule has 0 heterocycles. The Labute approximate surface area is 107 Å². The molecule has 1 aromatic rings. The molecule has 1 atom stereocenters. The van der Waals surface area contributed by atoms with Crippen LogP contribution in [0.15, 0.2) is 18.2 Å². The minimum absolute atomic E-state index is 0.0571. The molecule has 0 radical (unpaired) electrons. The summed E-state index contributed by atoms with van der Waals surface area (Å²) in [5, 5.41) is 22.8. The third-order valence-electron chi connectivity index (χ3n) is 2.73. The van der Waals surface area contributed by atoms with E-state index in [1.165, 1.54) is 12.1 Å². The maximum atomic E-state index is 10.6. The van der Waals surface area contributed by atoms with Crippen LogP contribution < -0.4 is 5.32 Å². The number of benzene rings is 1. The molecule has 0 bridgehead atoms. The number of rotatable bonds is 6. The van der Waals surface area contributed by atoms with Crippen molar-refractivity contribution >= 4 is 11.4 Å². The SMILES string of the molecule is CCCCC(C)Nc1ccc([N+](=O)[O-])cc1C#N. The first kappa shape index (κ1) is 14.0. The average molecular weight is 247 g/mol. The lowest BCUT2D eigenvalue weighted by Gasteiger charge is -2.15. The predicted octanol–water partition coefficient (Wildman–Crippen LogP) is 3.46. The fraction of sp³-hybridized carbons (Fsp3) is 0.462. The zero-order chi connectivity index (χ0) is 13.5. The van der Waals surface area contributed by atoms with Gasteiger partial charge < -0.3 is 5.32 Å². The molecule has 0 aromatic heterocycles. The predicted molar refractivity (Wildman–Crippen MR) is 70.4 cm³/mol. The van der Waals surface area contributed by atoms with Gasteiger partial charge in [-0.15, -0.1) is 0 Å². The third-order valence-corrected chi connectivity index (χ3v) is 2.73. The van der Waals surface area contributed by atoms with Crippen molar-refractivity contribution in [2.45, 2.75) is 39.2 Å². The van der Waals surface area contributed by atoms with E-state index < -0.39 is 4.92 Å². The largest absolute Gasteiger partial charge is 0.382 e. The number of hydrogen-bond donors (Lipinski definition) is 1. The van der Waals surface area contributed by atoms with Crippen LogP contribution >= 0.6 is 0 Å². The van der Waals surface area contributed by atoms with Gasteiger partial charge >= 0.3 is 0 Å². The van der Waals surface area contributed by atoms with Crippen molar-refractivity contribution < 1.29 is 4.92 Å². The second-order valence-electron chi connectivity index (χ2n) is 4.29. The highest BCUT2D eigenvalue weighted by Gasteiger charge is 2.11. The molecule has 1 rings (SSSR count). The second kappa shape index (κ2) is 6.60. The lowest BCUT2D eigenvalue weighted by atomic mass is 10.1. The van der Waals surface area contributed by atoms with Crippen molar-refractivity contribution in [3.05, 3.63) is 33.9 Å². The normalized spacial score (nSPS) is 11.6. The highest BCUT2D eigenvalue weighted by molar-refractivity contribution is 5.61. The van der Waals surface area contributed by atoms with Gasteiger partial charge in [-0.05, 0) is 19.4 Å². The zero-order valence-electron chi connectivity index (χ0n) is 10.6. The molecule has 1 aromatic carbocycles. The lowest BCUT2D eigenvalue weighted by molar-refractivity contribution is -0.384. The average Bonchev–Trinajstić information content (AvgIpc) is 2.36. The minimum Gasteiger partial charge on any atom is -0.382 e. The molecular weight excluding hydrogens is 230 g/mol. The van der Waals surface area contributed by atoms with Gasteiger partial charge in [0.05, 0.1) is 16.2 Å². The Morgan fingerprint density at radius 2 is 2.28 bits per heavy atom. The van der Waals surface area contributed by atoms with Gasteiger partial charge in [-0.1, -0.05) is 19.8 Å². The molecule has 0 spiro atoms. The van der Waals surface area contributed by atoms with Crippen LogP contribution in [0.3, 0.4) is 0 Å². The van der Waals surface area contributed by atoms with Gasteiger partial charge in [0.25, 0.3) is 5.69 Å². The van der Waals surface area contributed by atoms with Gasteiger partial charge in [-0.25, -0.2) is 0 Å². The fourth-order valence-electron chi connectivity index (χ4n) is 1.71. The van der Waals surface area contributed by atoms with Crippen molar-refractivity contribution in [2.24, 2.45) is 0 Å². The van der Waals surface area contributed by atoms with Crippen LogP contribution in [0.1, 0.15) is 38.7 Å². The van der Waals surface area contributed by atoms with E-state index in [0.29, 0.717) is 11.3 Å². The highest BCUT2D eigenvalue weighted by Crippen LogP contribution is 2.22. The molecule has 0 aliphatic rings. The molecule has 1 N–H and O–H groups in total. The molecule has 5 heteroatoms. The molecule has 18 heavy (non-hydrogen) atoms. The Morgan fingerprint density at radius 3 is 2.83 bits per heavy atom. The molecule has 5 nitrogen and oxygen atoms in total. The van der Waals surface area contributed by atoms with E-state index in [2.05, 4.69) is 12.2 Å². The monoisotopic (exact) mass is 247 g/mol. The van der Waals surface area contributed by atoms with Gasteiger partial charge in [0.15, 0.2) is 0 Å². The Bertz CT molecular complexity index is 466. The molecule has 0 aliphatic heterocycles. The number of nitrogens with one attached hydrogen (secondary N) is 1. The Balaban J connectivity index is 2.83. The number of nitriles is 1. The van der Waals surface area contributed by atoms with Crippen LogP contribution in [0.4, 0.5) is 11.4 Å². The number of nitro groups is 1. The maximum Gasteiger partial charge on any atom is 0.270 e. The molecule has 1 unspecified atom stereocenters. The van der Waals surface area contributed by atoms with Gasteiger partial charge in [-0.3, -0.25) is 10.1 Å². The van der Waals surface area contributed by atoms with E-state index in [-0.39, 0.29) is 11.7 Å². The number of non-ortho nitro benzene ring substituents is 1. The van der Waals surface area contributed by atoms with Gasteiger partial charge in [-0.2, -0.15) is 5.26 Å². The van der Waals surface area contributed by atoms with Gasteiger partial charge in [0, 0.05) is 18.2 Å². The lowest BCUT2D eigenvalue weighted by Crippen LogP contribution is -2.15. The summed E-state index contributed by atoms with van der Waals surface area (Å²) in [7, 11) is 0. The topological polar surface area (TPSA) is 79.0 Å². The Morgan fingerprint density at radius 1 is 1.56 bits per heavy atom. The molecule has 0 fully saturated rings. The smallest absolute Gasteiger partial charge is 0.270 e. The van der Waals surface area contributed by atoms with E-state index >= 15 is 0 Å².